The predicted molar refractivity (Wildman–Crippen MR) is 134 cm³/mol. The van der Waals surface area contributed by atoms with Gasteiger partial charge in [-0.25, -0.2) is 9.59 Å². The highest BCUT2D eigenvalue weighted by Crippen LogP contribution is 2.40. The van der Waals surface area contributed by atoms with Crippen LogP contribution in [0.5, 0.6) is 11.5 Å². The first-order valence-electron chi connectivity index (χ1n) is 11.7. The number of furan rings is 1. The number of rotatable bonds is 5. The number of carbonyl (C=O) groups is 1. The van der Waals surface area contributed by atoms with Crippen LogP contribution in [0.25, 0.3) is 44.4 Å². The molecule has 0 bridgehead atoms. The summed E-state index contributed by atoms with van der Waals surface area (Å²) < 4.78 is 28.5. The molecule has 0 amide bonds. The second-order valence-electron chi connectivity index (χ2n) is 8.60. The Labute approximate surface area is 205 Å². The summed E-state index contributed by atoms with van der Waals surface area (Å²) in [6, 6.07) is 21.7. The van der Waals surface area contributed by atoms with Gasteiger partial charge in [-0.05, 0) is 42.7 Å². The SMILES string of the molecule is COc1cccc2cc(-c3cc(=O)oc4cc(-c5ccccc5)c(OC(=O)C5CCCO5)cc34)oc12. The Morgan fingerprint density at radius 1 is 0.917 bits per heavy atom. The van der Waals surface area contributed by atoms with Crippen molar-refractivity contribution in [3.05, 3.63) is 83.2 Å². The van der Waals surface area contributed by atoms with Crippen molar-refractivity contribution in [2.75, 3.05) is 13.7 Å². The molecule has 1 fully saturated rings. The Morgan fingerprint density at radius 3 is 2.56 bits per heavy atom. The lowest BCUT2D eigenvalue weighted by Crippen LogP contribution is -2.25. The van der Waals surface area contributed by atoms with Gasteiger partial charge >= 0.3 is 11.6 Å². The van der Waals surface area contributed by atoms with Crippen molar-refractivity contribution in [3.8, 4) is 33.9 Å². The molecule has 1 aliphatic heterocycles. The molecule has 2 aromatic heterocycles. The molecule has 180 valence electrons. The van der Waals surface area contributed by atoms with Crippen LogP contribution in [-0.2, 0) is 9.53 Å². The number of methoxy groups -OCH3 is 1. The number of benzene rings is 3. The summed E-state index contributed by atoms with van der Waals surface area (Å²) in [4.78, 5) is 25.4. The van der Waals surface area contributed by atoms with Crippen molar-refractivity contribution in [1.29, 1.82) is 0 Å². The molecule has 5 aromatic rings. The average Bonchev–Trinajstić information content (AvgIpc) is 3.59. The molecule has 1 atom stereocenters. The van der Waals surface area contributed by atoms with Gasteiger partial charge in [0.15, 0.2) is 17.4 Å². The first-order chi connectivity index (χ1) is 17.6. The number of esters is 1. The van der Waals surface area contributed by atoms with E-state index in [9.17, 15) is 9.59 Å². The molecule has 0 N–H and O–H groups in total. The lowest BCUT2D eigenvalue weighted by Gasteiger charge is -2.15. The summed E-state index contributed by atoms with van der Waals surface area (Å²) in [5.74, 6) is 0.953. The molecular weight excluding hydrogens is 460 g/mol. The molecule has 0 radical (unpaired) electrons. The maximum atomic E-state index is 12.9. The van der Waals surface area contributed by atoms with E-state index in [0.29, 0.717) is 58.0 Å². The Bertz CT molecular complexity index is 1640. The summed E-state index contributed by atoms with van der Waals surface area (Å²) in [5.41, 5.74) is 2.36. The minimum Gasteiger partial charge on any atom is -0.493 e. The Hall–Kier alpha value is -4.36. The van der Waals surface area contributed by atoms with Gasteiger partial charge in [0.1, 0.15) is 17.1 Å². The third-order valence-corrected chi connectivity index (χ3v) is 6.33. The zero-order valence-corrected chi connectivity index (χ0v) is 19.5. The highest BCUT2D eigenvalue weighted by molar-refractivity contribution is 5.99. The fraction of sp³-hybridized carbons (Fsp3) is 0.172. The Kier molecular flexibility index (Phi) is 5.54. The van der Waals surface area contributed by atoms with Gasteiger partial charge in [0.05, 0.1) is 7.11 Å². The largest absolute Gasteiger partial charge is 0.493 e. The smallest absolute Gasteiger partial charge is 0.340 e. The molecule has 0 saturated carbocycles. The third kappa shape index (κ3) is 3.93. The predicted octanol–water partition coefficient (Wildman–Crippen LogP) is 5.97. The molecule has 0 spiro atoms. The van der Waals surface area contributed by atoms with Crippen LogP contribution in [0.3, 0.4) is 0 Å². The zero-order valence-electron chi connectivity index (χ0n) is 19.5. The van der Waals surface area contributed by atoms with E-state index in [0.717, 1.165) is 17.4 Å². The zero-order chi connectivity index (χ0) is 24.6. The van der Waals surface area contributed by atoms with Crippen LogP contribution in [0.2, 0.25) is 0 Å². The first-order valence-corrected chi connectivity index (χ1v) is 11.7. The molecule has 3 aromatic carbocycles. The van der Waals surface area contributed by atoms with Gasteiger partial charge in [-0.3, -0.25) is 0 Å². The molecule has 7 heteroatoms. The molecule has 1 saturated heterocycles. The minimum absolute atomic E-state index is 0.345. The minimum atomic E-state index is -0.597. The van der Waals surface area contributed by atoms with Gasteiger partial charge < -0.3 is 23.0 Å². The van der Waals surface area contributed by atoms with E-state index in [4.69, 9.17) is 23.0 Å². The molecule has 36 heavy (non-hydrogen) atoms. The highest BCUT2D eigenvalue weighted by Gasteiger charge is 2.27. The Morgan fingerprint density at radius 2 is 1.78 bits per heavy atom. The van der Waals surface area contributed by atoms with Gasteiger partial charge in [0, 0.05) is 34.6 Å². The second kappa shape index (κ2) is 9.02. The van der Waals surface area contributed by atoms with Crippen molar-refractivity contribution < 1.29 is 27.8 Å². The van der Waals surface area contributed by atoms with Gasteiger partial charge in [-0.15, -0.1) is 0 Å². The molecule has 6 rings (SSSR count). The van der Waals surface area contributed by atoms with Crippen molar-refractivity contribution in [3.63, 3.8) is 0 Å². The van der Waals surface area contributed by atoms with Crippen LogP contribution in [0.1, 0.15) is 12.8 Å². The molecule has 3 heterocycles. The quantitative estimate of drug-likeness (QED) is 0.173. The first kappa shape index (κ1) is 22.1. The number of fused-ring (bicyclic) bond motifs is 2. The number of ether oxygens (including phenoxy) is 3. The maximum Gasteiger partial charge on any atom is 0.340 e. The molecule has 0 aliphatic carbocycles. The van der Waals surface area contributed by atoms with Crippen molar-refractivity contribution in [2.24, 2.45) is 0 Å². The number of hydrogen-bond donors (Lipinski definition) is 0. The highest BCUT2D eigenvalue weighted by atomic mass is 16.6. The average molecular weight is 482 g/mol. The van der Waals surface area contributed by atoms with Crippen molar-refractivity contribution in [2.45, 2.75) is 18.9 Å². The molecule has 1 aliphatic rings. The number of carbonyl (C=O) groups excluding carboxylic acids is 1. The normalized spacial score (nSPS) is 15.4. The fourth-order valence-corrected chi connectivity index (χ4v) is 4.59. The fourth-order valence-electron chi connectivity index (χ4n) is 4.59. The van der Waals surface area contributed by atoms with Crippen molar-refractivity contribution >= 4 is 27.9 Å². The van der Waals surface area contributed by atoms with Gasteiger partial charge in [0.2, 0.25) is 0 Å². The van der Waals surface area contributed by atoms with E-state index in [1.807, 2.05) is 54.6 Å². The summed E-state index contributed by atoms with van der Waals surface area (Å²) >= 11 is 0. The Balaban J connectivity index is 1.55. The standard InChI is InChI=1S/C29H22O7/c1-32-22-10-5-9-18-13-24(35-28(18)22)21-16-27(30)34-26-14-19(17-7-3-2-4-8-17)25(15-20(21)26)36-29(31)23-11-6-12-33-23/h2-5,7-10,13-16,23H,6,11-12H2,1H3. The van der Waals surface area contributed by atoms with Gasteiger partial charge in [-0.2, -0.15) is 0 Å². The van der Waals surface area contributed by atoms with Crippen LogP contribution in [0.4, 0.5) is 0 Å². The van der Waals surface area contributed by atoms with Crippen LogP contribution in [0, 0.1) is 0 Å². The van der Waals surface area contributed by atoms with Crippen LogP contribution < -0.4 is 15.1 Å². The van der Waals surface area contributed by atoms with E-state index >= 15 is 0 Å². The summed E-state index contributed by atoms with van der Waals surface area (Å²) in [5, 5.41) is 1.40. The van der Waals surface area contributed by atoms with E-state index in [1.54, 1.807) is 19.2 Å². The summed E-state index contributed by atoms with van der Waals surface area (Å²) in [7, 11) is 1.57. The maximum absolute atomic E-state index is 12.9. The summed E-state index contributed by atoms with van der Waals surface area (Å²) in [6.07, 6.45) is 0.836. The van der Waals surface area contributed by atoms with E-state index in [2.05, 4.69) is 0 Å². The van der Waals surface area contributed by atoms with Crippen LogP contribution in [0.15, 0.2) is 86.4 Å². The monoisotopic (exact) mass is 482 g/mol. The van der Waals surface area contributed by atoms with E-state index < -0.39 is 17.7 Å². The van der Waals surface area contributed by atoms with Crippen LogP contribution >= 0.6 is 0 Å². The van der Waals surface area contributed by atoms with E-state index in [-0.39, 0.29) is 0 Å². The summed E-state index contributed by atoms with van der Waals surface area (Å²) in [6.45, 7) is 0.536. The lowest BCUT2D eigenvalue weighted by molar-refractivity contribution is -0.144. The topological polar surface area (TPSA) is 88.1 Å². The van der Waals surface area contributed by atoms with Gasteiger partial charge in [0.25, 0.3) is 0 Å². The van der Waals surface area contributed by atoms with Crippen LogP contribution in [-0.4, -0.2) is 25.8 Å². The number of hydrogen-bond acceptors (Lipinski definition) is 7. The molecule has 7 nitrogen and oxygen atoms in total. The number of para-hydroxylation sites is 1. The van der Waals surface area contributed by atoms with Crippen molar-refractivity contribution in [1.82, 2.24) is 0 Å². The van der Waals surface area contributed by atoms with E-state index in [1.165, 1.54) is 6.07 Å². The second-order valence-corrected chi connectivity index (χ2v) is 8.60. The molecule has 1 unspecified atom stereocenters. The lowest BCUT2D eigenvalue weighted by atomic mass is 10.00. The third-order valence-electron chi connectivity index (χ3n) is 6.33. The molecular formula is C29H22O7. The van der Waals surface area contributed by atoms with Gasteiger partial charge in [-0.1, -0.05) is 42.5 Å².